The second-order valence-electron chi connectivity index (χ2n) is 8.99. The van der Waals surface area contributed by atoms with Crippen molar-refractivity contribution in [3.63, 3.8) is 0 Å². The van der Waals surface area contributed by atoms with E-state index < -0.39 is 5.97 Å². The van der Waals surface area contributed by atoms with Gasteiger partial charge >= 0.3 is 5.97 Å². The predicted molar refractivity (Wildman–Crippen MR) is 107 cm³/mol. The Labute approximate surface area is 166 Å². The standard InChI is InChI=1S/C22H30N2O4/c1-13-7-6-8-16(19(13)23-14(2)25)20(27)28-12-18(26)24-17-11-15-9-10-22(17,5)21(15,3)4/h6-8,15,17H,9-12H2,1-5H3,(H,23,25)(H,24,26). The zero-order valence-corrected chi connectivity index (χ0v) is 17.3. The molecule has 2 amide bonds. The van der Waals surface area contributed by atoms with Crippen molar-refractivity contribution < 1.29 is 19.1 Å². The molecule has 3 rings (SSSR count). The zero-order chi connectivity index (χ0) is 20.7. The smallest absolute Gasteiger partial charge is 0.340 e. The van der Waals surface area contributed by atoms with E-state index in [1.54, 1.807) is 25.1 Å². The number of nitrogens with one attached hydrogen (secondary N) is 2. The monoisotopic (exact) mass is 386 g/mol. The normalized spacial score (nSPS) is 27.3. The van der Waals surface area contributed by atoms with Gasteiger partial charge in [-0.3, -0.25) is 9.59 Å². The summed E-state index contributed by atoms with van der Waals surface area (Å²) in [4.78, 5) is 36.3. The van der Waals surface area contributed by atoms with Crippen molar-refractivity contribution in [3.05, 3.63) is 29.3 Å². The first-order valence-electron chi connectivity index (χ1n) is 9.90. The summed E-state index contributed by atoms with van der Waals surface area (Å²) < 4.78 is 5.24. The number of anilines is 1. The SMILES string of the molecule is CC(=O)Nc1c(C)cccc1C(=O)OCC(=O)NC1CC2CCC1(C)C2(C)C. The molecule has 6 nitrogen and oxygen atoms in total. The van der Waals surface area contributed by atoms with Crippen LogP contribution in [0.25, 0.3) is 0 Å². The molecule has 2 aliphatic rings. The Morgan fingerprint density at radius 2 is 1.93 bits per heavy atom. The summed E-state index contributed by atoms with van der Waals surface area (Å²) in [6.07, 6.45) is 3.30. The fourth-order valence-corrected chi connectivity index (χ4v) is 5.05. The Balaban J connectivity index is 1.61. The number of carbonyl (C=O) groups excluding carboxylic acids is 3. The number of esters is 1. The van der Waals surface area contributed by atoms with Crippen molar-refractivity contribution >= 4 is 23.5 Å². The lowest BCUT2D eigenvalue weighted by Gasteiger charge is -2.39. The molecule has 1 aromatic rings. The van der Waals surface area contributed by atoms with Crippen LogP contribution in [-0.4, -0.2) is 30.4 Å². The molecular weight excluding hydrogens is 356 g/mol. The van der Waals surface area contributed by atoms with Crippen LogP contribution >= 0.6 is 0 Å². The van der Waals surface area contributed by atoms with Gasteiger partial charge in [0.05, 0.1) is 11.3 Å². The number of amides is 2. The Morgan fingerprint density at radius 1 is 1.21 bits per heavy atom. The Morgan fingerprint density at radius 3 is 2.50 bits per heavy atom. The highest BCUT2D eigenvalue weighted by atomic mass is 16.5. The van der Waals surface area contributed by atoms with Gasteiger partial charge in [-0.05, 0) is 54.6 Å². The van der Waals surface area contributed by atoms with Crippen LogP contribution in [0.4, 0.5) is 5.69 Å². The van der Waals surface area contributed by atoms with E-state index in [0.717, 1.165) is 18.4 Å². The third-order valence-electron chi connectivity index (χ3n) is 7.26. The number of hydrogen-bond acceptors (Lipinski definition) is 4. The fraction of sp³-hybridized carbons (Fsp3) is 0.591. The van der Waals surface area contributed by atoms with Gasteiger partial charge in [-0.15, -0.1) is 0 Å². The number of rotatable bonds is 5. The van der Waals surface area contributed by atoms with Crippen molar-refractivity contribution in [3.8, 4) is 0 Å². The predicted octanol–water partition coefficient (Wildman–Crippen LogP) is 3.44. The van der Waals surface area contributed by atoms with Gasteiger partial charge in [-0.1, -0.05) is 32.9 Å². The topological polar surface area (TPSA) is 84.5 Å². The van der Waals surface area contributed by atoms with E-state index in [9.17, 15) is 14.4 Å². The van der Waals surface area contributed by atoms with E-state index >= 15 is 0 Å². The molecule has 0 saturated heterocycles. The molecule has 0 spiro atoms. The first-order valence-corrected chi connectivity index (χ1v) is 9.90. The fourth-order valence-electron chi connectivity index (χ4n) is 5.05. The van der Waals surface area contributed by atoms with E-state index in [0.29, 0.717) is 11.6 Å². The van der Waals surface area contributed by atoms with Crippen LogP contribution in [0.15, 0.2) is 18.2 Å². The van der Waals surface area contributed by atoms with Crippen LogP contribution in [0, 0.1) is 23.7 Å². The molecule has 0 aliphatic heterocycles. The van der Waals surface area contributed by atoms with E-state index in [4.69, 9.17) is 4.74 Å². The summed E-state index contributed by atoms with van der Waals surface area (Å²) in [5, 5.41) is 5.75. The minimum absolute atomic E-state index is 0.0758. The van der Waals surface area contributed by atoms with Gasteiger partial charge in [-0.25, -0.2) is 4.79 Å². The first kappa shape index (κ1) is 20.4. The van der Waals surface area contributed by atoms with Crippen molar-refractivity contribution in [1.82, 2.24) is 5.32 Å². The summed E-state index contributed by atoms with van der Waals surface area (Å²) in [5.41, 5.74) is 1.70. The van der Waals surface area contributed by atoms with Crippen LogP contribution in [0.1, 0.15) is 62.9 Å². The number of hydrogen-bond donors (Lipinski definition) is 2. The molecule has 152 valence electrons. The van der Waals surface area contributed by atoms with Gasteiger partial charge in [-0.2, -0.15) is 0 Å². The second-order valence-corrected chi connectivity index (χ2v) is 8.99. The number of aryl methyl sites for hydroxylation is 1. The molecule has 2 aliphatic carbocycles. The third-order valence-corrected chi connectivity index (χ3v) is 7.26. The van der Waals surface area contributed by atoms with E-state index in [2.05, 4.69) is 31.4 Å². The minimum atomic E-state index is -0.623. The van der Waals surface area contributed by atoms with Gasteiger partial charge in [0, 0.05) is 13.0 Å². The Bertz CT molecular complexity index is 817. The summed E-state index contributed by atoms with van der Waals surface area (Å²) in [5.74, 6) is -0.551. The maximum atomic E-state index is 12.5. The maximum absolute atomic E-state index is 12.5. The summed E-state index contributed by atoms with van der Waals surface area (Å²) in [6, 6.07) is 5.21. The van der Waals surface area contributed by atoms with Crippen molar-refractivity contribution in [1.29, 1.82) is 0 Å². The van der Waals surface area contributed by atoms with Gasteiger partial charge in [0.15, 0.2) is 6.61 Å². The van der Waals surface area contributed by atoms with Crippen LogP contribution in [0.2, 0.25) is 0 Å². The number of ether oxygens (including phenoxy) is 1. The van der Waals surface area contributed by atoms with Crippen LogP contribution < -0.4 is 10.6 Å². The molecule has 0 aromatic heterocycles. The van der Waals surface area contributed by atoms with Crippen LogP contribution in [0.3, 0.4) is 0 Å². The van der Waals surface area contributed by atoms with Gasteiger partial charge in [0.25, 0.3) is 5.91 Å². The lowest BCUT2D eigenvalue weighted by atomic mass is 9.69. The molecule has 6 heteroatoms. The quantitative estimate of drug-likeness (QED) is 0.759. The van der Waals surface area contributed by atoms with Crippen molar-refractivity contribution in [2.45, 2.75) is 59.9 Å². The molecule has 2 fully saturated rings. The van der Waals surface area contributed by atoms with Gasteiger partial charge < -0.3 is 15.4 Å². The highest BCUT2D eigenvalue weighted by Crippen LogP contribution is 2.65. The molecular formula is C22H30N2O4. The summed E-state index contributed by atoms with van der Waals surface area (Å²) >= 11 is 0. The average molecular weight is 386 g/mol. The summed E-state index contributed by atoms with van der Waals surface area (Å²) in [7, 11) is 0. The molecule has 3 unspecified atom stereocenters. The van der Waals surface area contributed by atoms with Crippen LogP contribution in [0.5, 0.6) is 0 Å². The molecule has 1 aromatic carbocycles. The third kappa shape index (κ3) is 3.40. The average Bonchev–Trinajstić information content (AvgIpc) is 2.94. The molecule has 2 bridgehead atoms. The Kier molecular flexibility index (Phi) is 5.26. The number of carbonyl (C=O) groups is 3. The number of para-hydroxylation sites is 1. The van der Waals surface area contributed by atoms with Crippen molar-refractivity contribution in [2.75, 3.05) is 11.9 Å². The van der Waals surface area contributed by atoms with E-state index in [1.165, 1.54) is 13.3 Å². The molecule has 0 heterocycles. The second kappa shape index (κ2) is 7.22. The van der Waals surface area contributed by atoms with E-state index in [1.807, 2.05) is 0 Å². The summed E-state index contributed by atoms with van der Waals surface area (Å²) in [6.45, 7) is 9.68. The maximum Gasteiger partial charge on any atom is 0.340 e. The molecule has 3 atom stereocenters. The van der Waals surface area contributed by atoms with E-state index in [-0.39, 0.29) is 40.9 Å². The molecule has 28 heavy (non-hydrogen) atoms. The van der Waals surface area contributed by atoms with Gasteiger partial charge in [0.1, 0.15) is 0 Å². The van der Waals surface area contributed by atoms with Crippen LogP contribution in [-0.2, 0) is 14.3 Å². The lowest BCUT2D eigenvalue weighted by molar-refractivity contribution is -0.126. The molecule has 0 radical (unpaired) electrons. The molecule has 2 saturated carbocycles. The lowest BCUT2D eigenvalue weighted by Crippen LogP contribution is -2.48. The number of benzene rings is 1. The van der Waals surface area contributed by atoms with Gasteiger partial charge in [0.2, 0.25) is 5.91 Å². The van der Waals surface area contributed by atoms with Crippen molar-refractivity contribution in [2.24, 2.45) is 16.7 Å². The Hall–Kier alpha value is -2.37. The largest absolute Gasteiger partial charge is 0.452 e. The highest BCUT2D eigenvalue weighted by Gasteiger charge is 2.61. The number of fused-ring (bicyclic) bond motifs is 2. The molecule has 2 N–H and O–H groups in total. The zero-order valence-electron chi connectivity index (χ0n) is 17.3. The highest BCUT2D eigenvalue weighted by molar-refractivity contribution is 6.02. The minimum Gasteiger partial charge on any atom is -0.452 e. The first-order chi connectivity index (χ1) is 13.1.